The number of nitrogen functional groups attached to an aromatic ring is 1. The monoisotopic (exact) mass is 174 g/mol. The summed E-state index contributed by atoms with van der Waals surface area (Å²) < 4.78 is 12.1. The van der Waals surface area contributed by atoms with E-state index in [-0.39, 0.29) is 0 Å². The van der Waals surface area contributed by atoms with Crippen molar-refractivity contribution in [2.75, 3.05) is 5.43 Å². The predicted octanol–water partition coefficient (Wildman–Crippen LogP) is 2.10. The number of hydrogen-bond acceptors (Lipinski definition) is 2. The minimum absolute atomic E-state index is 0.345. The molecular weight excluding hydrogens is 167 g/mol. The van der Waals surface area contributed by atoms with Crippen LogP contribution in [0.3, 0.4) is 0 Å². The first-order valence-electron chi connectivity index (χ1n) is 3.09. The maximum Gasteiger partial charge on any atom is 0.116 e. The standard InChI is InChI=1S/C7H8ClFN2/c8-7-5(4-9)2-1-3-6(7)11-10/h1-3,11H,4,10H2. The minimum Gasteiger partial charge on any atom is -0.323 e. The van der Waals surface area contributed by atoms with E-state index in [0.717, 1.165) is 0 Å². The van der Waals surface area contributed by atoms with Crippen LogP contribution in [-0.2, 0) is 6.67 Å². The molecule has 3 N–H and O–H groups in total. The second kappa shape index (κ2) is 3.55. The average Bonchev–Trinajstić information content (AvgIpc) is 2.05. The van der Waals surface area contributed by atoms with Gasteiger partial charge in [-0.3, -0.25) is 5.84 Å². The third kappa shape index (κ3) is 1.61. The molecule has 0 aliphatic heterocycles. The van der Waals surface area contributed by atoms with Crippen LogP contribution in [0.15, 0.2) is 18.2 Å². The molecule has 1 aromatic carbocycles. The van der Waals surface area contributed by atoms with Gasteiger partial charge in [0.15, 0.2) is 0 Å². The number of nitrogens with two attached hydrogens (primary N) is 1. The van der Waals surface area contributed by atoms with Crippen LogP contribution in [0.5, 0.6) is 0 Å². The van der Waals surface area contributed by atoms with E-state index in [1.807, 2.05) is 0 Å². The molecule has 0 bridgehead atoms. The minimum atomic E-state index is -0.575. The fraction of sp³-hybridized carbons (Fsp3) is 0.143. The van der Waals surface area contributed by atoms with Gasteiger partial charge in [-0.2, -0.15) is 0 Å². The van der Waals surface area contributed by atoms with Gasteiger partial charge in [-0.05, 0) is 6.07 Å². The van der Waals surface area contributed by atoms with Gasteiger partial charge in [0, 0.05) is 5.56 Å². The van der Waals surface area contributed by atoms with Crippen LogP contribution in [0.4, 0.5) is 10.1 Å². The molecule has 0 fully saturated rings. The summed E-state index contributed by atoms with van der Waals surface area (Å²) in [5.74, 6) is 5.12. The lowest BCUT2D eigenvalue weighted by Crippen LogP contribution is -2.07. The number of hydrogen-bond donors (Lipinski definition) is 2. The Hall–Kier alpha value is -0.800. The Bertz CT molecular complexity index is 230. The van der Waals surface area contributed by atoms with Crippen molar-refractivity contribution in [1.29, 1.82) is 0 Å². The summed E-state index contributed by atoms with van der Waals surface area (Å²) in [6.07, 6.45) is 0. The lowest BCUT2D eigenvalue weighted by Gasteiger charge is -2.04. The quantitative estimate of drug-likeness (QED) is 0.532. The Morgan fingerprint density at radius 3 is 2.82 bits per heavy atom. The molecule has 1 rings (SSSR count). The van der Waals surface area contributed by atoms with E-state index < -0.39 is 6.67 Å². The van der Waals surface area contributed by atoms with Crippen LogP contribution in [-0.4, -0.2) is 0 Å². The molecule has 0 aromatic heterocycles. The van der Waals surface area contributed by atoms with Crippen molar-refractivity contribution in [3.05, 3.63) is 28.8 Å². The molecule has 0 atom stereocenters. The number of nitrogens with one attached hydrogen (secondary N) is 1. The smallest absolute Gasteiger partial charge is 0.116 e. The van der Waals surface area contributed by atoms with Crippen LogP contribution in [0.25, 0.3) is 0 Å². The number of benzene rings is 1. The number of anilines is 1. The van der Waals surface area contributed by atoms with Crippen LogP contribution < -0.4 is 11.3 Å². The molecule has 4 heteroatoms. The van der Waals surface area contributed by atoms with Crippen LogP contribution in [0.1, 0.15) is 5.56 Å². The van der Waals surface area contributed by atoms with Crippen molar-refractivity contribution in [2.24, 2.45) is 5.84 Å². The zero-order valence-electron chi connectivity index (χ0n) is 5.77. The summed E-state index contributed by atoms with van der Waals surface area (Å²) in [4.78, 5) is 0. The third-order valence-corrected chi connectivity index (χ3v) is 1.82. The van der Waals surface area contributed by atoms with E-state index >= 15 is 0 Å². The SMILES string of the molecule is NNc1cccc(CF)c1Cl. The van der Waals surface area contributed by atoms with Crippen LogP contribution >= 0.6 is 11.6 Å². The average molecular weight is 175 g/mol. The fourth-order valence-corrected chi connectivity index (χ4v) is 1.03. The van der Waals surface area contributed by atoms with Gasteiger partial charge in [-0.15, -0.1) is 0 Å². The number of rotatable bonds is 2. The topological polar surface area (TPSA) is 38.0 Å². The summed E-state index contributed by atoms with van der Waals surface area (Å²) >= 11 is 5.73. The molecule has 0 unspecified atom stereocenters. The van der Waals surface area contributed by atoms with E-state index in [1.54, 1.807) is 18.2 Å². The summed E-state index contributed by atoms with van der Waals surface area (Å²) in [5.41, 5.74) is 3.36. The highest BCUT2D eigenvalue weighted by molar-refractivity contribution is 6.33. The van der Waals surface area contributed by atoms with Gasteiger partial charge >= 0.3 is 0 Å². The Morgan fingerprint density at radius 2 is 2.27 bits per heavy atom. The highest BCUT2D eigenvalue weighted by Crippen LogP contribution is 2.25. The van der Waals surface area contributed by atoms with Gasteiger partial charge < -0.3 is 5.43 Å². The van der Waals surface area contributed by atoms with Crippen molar-refractivity contribution in [3.63, 3.8) is 0 Å². The van der Waals surface area contributed by atoms with Gasteiger partial charge in [-0.25, -0.2) is 4.39 Å². The molecular formula is C7H8ClFN2. The van der Waals surface area contributed by atoms with Crippen molar-refractivity contribution < 1.29 is 4.39 Å². The van der Waals surface area contributed by atoms with Crippen molar-refractivity contribution in [3.8, 4) is 0 Å². The molecule has 0 aliphatic carbocycles. The zero-order valence-corrected chi connectivity index (χ0v) is 6.53. The number of halogens is 2. The summed E-state index contributed by atoms with van der Waals surface area (Å²) in [5, 5.41) is 0.345. The molecule has 11 heavy (non-hydrogen) atoms. The maximum atomic E-state index is 12.1. The molecule has 2 nitrogen and oxygen atoms in total. The van der Waals surface area contributed by atoms with Gasteiger partial charge in [0.1, 0.15) is 6.67 Å². The van der Waals surface area contributed by atoms with Crippen LogP contribution in [0.2, 0.25) is 5.02 Å². The predicted molar refractivity (Wildman–Crippen MR) is 44.1 cm³/mol. The number of hydrazine groups is 1. The lowest BCUT2D eigenvalue weighted by atomic mass is 10.2. The van der Waals surface area contributed by atoms with Crippen LogP contribution in [0, 0.1) is 0 Å². The van der Waals surface area contributed by atoms with Gasteiger partial charge in [0.2, 0.25) is 0 Å². The summed E-state index contributed by atoms with van der Waals surface area (Å²) in [7, 11) is 0. The third-order valence-electron chi connectivity index (χ3n) is 1.38. The zero-order chi connectivity index (χ0) is 8.27. The van der Waals surface area contributed by atoms with Crippen molar-refractivity contribution in [2.45, 2.75) is 6.67 Å². The van der Waals surface area contributed by atoms with Crippen molar-refractivity contribution >= 4 is 17.3 Å². The second-order valence-corrected chi connectivity index (χ2v) is 2.43. The number of alkyl halides is 1. The molecule has 0 saturated carbocycles. The molecule has 0 heterocycles. The van der Waals surface area contributed by atoms with Crippen molar-refractivity contribution in [1.82, 2.24) is 0 Å². The highest BCUT2D eigenvalue weighted by atomic mass is 35.5. The van der Waals surface area contributed by atoms with E-state index in [4.69, 9.17) is 17.4 Å². The Morgan fingerprint density at radius 1 is 1.55 bits per heavy atom. The molecule has 0 spiro atoms. The Labute approximate surface area is 69.1 Å². The molecule has 0 amide bonds. The first-order valence-corrected chi connectivity index (χ1v) is 3.47. The van der Waals surface area contributed by atoms with E-state index in [0.29, 0.717) is 16.3 Å². The van der Waals surface area contributed by atoms with Gasteiger partial charge in [0.25, 0.3) is 0 Å². The largest absolute Gasteiger partial charge is 0.323 e. The Balaban J connectivity index is 3.10. The highest BCUT2D eigenvalue weighted by Gasteiger charge is 2.02. The molecule has 0 radical (unpaired) electrons. The first-order chi connectivity index (χ1) is 5.29. The lowest BCUT2D eigenvalue weighted by molar-refractivity contribution is 0.485. The van der Waals surface area contributed by atoms with Gasteiger partial charge in [0.05, 0.1) is 10.7 Å². The summed E-state index contributed by atoms with van der Waals surface area (Å²) in [6, 6.07) is 4.99. The second-order valence-electron chi connectivity index (χ2n) is 2.06. The molecule has 60 valence electrons. The Kier molecular flexibility index (Phi) is 2.68. The first kappa shape index (κ1) is 8.30. The van der Waals surface area contributed by atoms with Gasteiger partial charge in [-0.1, -0.05) is 23.7 Å². The van der Waals surface area contributed by atoms with E-state index in [9.17, 15) is 4.39 Å². The summed E-state index contributed by atoms with van der Waals surface area (Å²) in [6.45, 7) is -0.575. The fourth-order valence-electron chi connectivity index (χ4n) is 0.794. The van der Waals surface area contributed by atoms with E-state index in [1.165, 1.54) is 0 Å². The molecule has 0 aliphatic rings. The normalized spacial score (nSPS) is 9.73. The molecule has 0 saturated heterocycles. The van der Waals surface area contributed by atoms with E-state index in [2.05, 4.69) is 5.43 Å². The maximum absolute atomic E-state index is 12.1. The molecule has 1 aromatic rings.